The average Bonchev–Trinajstić information content (AvgIpc) is 2.55. The van der Waals surface area contributed by atoms with Gasteiger partial charge in [-0.2, -0.15) is 0 Å². The molecule has 0 saturated carbocycles. The van der Waals surface area contributed by atoms with Crippen LogP contribution in [0.1, 0.15) is 38.1 Å². The van der Waals surface area contributed by atoms with Gasteiger partial charge in [-0.05, 0) is 18.4 Å². The minimum absolute atomic E-state index is 0.133. The quantitative estimate of drug-likeness (QED) is 0.716. The van der Waals surface area contributed by atoms with Gasteiger partial charge < -0.3 is 4.57 Å². The number of carbonyl (C=O) groups is 1. The van der Waals surface area contributed by atoms with Crippen LogP contribution in [-0.4, -0.2) is 10.4 Å². The predicted octanol–water partition coefficient (Wildman–Crippen LogP) is 3.89. The van der Waals surface area contributed by atoms with Crippen molar-refractivity contribution in [2.24, 2.45) is 5.41 Å². The number of para-hydroxylation sites is 1. The fraction of sp³-hybridized carbons (Fsp3) is 0.400. The van der Waals surface area contributed by atoms with Crippen molar-refractivity contribution in [1.82, 2.24) is 4.57 Å². The molecule has 2 aromatic rings. The van der Waals surface area contributed by atoms with Crippen LogP contribution in [0.3, 0.4) is 0 Å². The lowest BCUT2D eigenvalue weighted by molar-refractivity contribution is 0.101. The Balaban J connectivity index is 2.61. The van der Waals surface area contributed by atoms with Gasteiger partial charge in [0.1, 0.15) is 0 Å². The minimum atomic E-state index is 0.133. The molecule has 2 nitrogen and oxygen atoms in total. The molecular formula is C15H19NO. The van der Waals surface area contributed by atoms with E-state index in [9.17, 15) is 4.79 Å². The normalized spacial score (nSPS) is 12.0. The van der Waals surface area contributed by atoms with E-state index in [0.717, 1.165) is 23.0 Å². The number of hydrogen-bond acceptors (Lipinski definition) is 1. The number of aromatic nitrogens is 1. The molecule has 0 radical (unpaired) electrons. The lowest BCUT2D eigenvalue weighted by atomic mass is 9.97. The summed E-state index contributed by atoms with van der Waals surface area (Å²) in [5.41, 5.74) is 2.17. The van der Waals surface area contributed by atoms with Gasteiger partial charge in [-0.25, -0.2) is 0 Å². The molecule has 1 aromatic carbocycles. The van der Waals surface area contributed by atoms with Gasteiger partial charge in [0.2, 0.25) is 0 Å². The highest BCUT2D eigenvalue weighted by Crippen LogP contribution is 2.25. The molecule has 1 heterocycles. The Kier molecular flexibility index (Phi) is 2.82. The number of benzene rings is 1. The van der Waals surface area contributed by atoms with E-state index in [2.05, 4.69) is 31.4 Å². The molecule has 0 amide bonds. The summed E-state index contributed by atoms with van der Waals surface area (Å²) >= 11 is 0. The molecule has 2 rings (SSSR count). The van der Waals surface area contributed by atoms with Crippen molar-refractivity contribution in [3.63, 3.8) is 0 Å². The molecule has 0 spiro atoms. The monoisotopic (exact) mass is 229 g/mol. The van der Waals surface area contributed by atoms with Crippen molar-refractivity contribution < 1.29 is 4.79 Å². The third-order valence-electron chi connectivity index (χ3n) is 2.81. The SMILES string of the molecule is CC(=O)c1cn(CC(C)(C)C)c2ccccc12. The Hall–Kier alpha value is -1.57. The standard InChI is InChI=1S/C15H19NO/c1-11(17)13-9-16(10-15(2,3)4)14-8-6-5-7-12(13)14/h5-9H,10H2,1-4H3. The Morgan fingerprint density at radius 2 is 1.88 bits per heavy atom. The van der Waals surface area contributed by atoms with E-state index in [1.54, 1.807) is 6.92 Å². The topological polar surface area (TPSA) is 22.0 Å². The molecule has 0 aliphatic carbocycles. The fourth-order valence-electron chi connectivity index (χ4n) is 2.17. The highest BCUT2D eigenvalue weighted by molar-refractivity contribution is 6.06. The number of carbonyl (C=O) groups excluding carboxylic acids is 1. The molecule has 0 aliphatic heterocycles. The maximum Gasteiger partial charge on any atom is 0.161 e. The second-order valence-electron chi connectivity index (χ2n) is 5.80. The van der Waals surface area contributed by atoms with E-state index in [4.69, 9.17) is 0 Å². The first-order valence-corrected chi connectivity index (χ1v) is 5.97. The van der Waals surface area contributed by atoms with E-state index < -0.39 is 0 Å². The number of rotatable bonds is 2. The number of nitrogens with zero attached hydrogens (tertiary/aromatic N) is 1. The largest absolute Gasteiger partial charge is 0.346 e. The summed E-state index contributed by atoms with van der Waals surface area (Å²) in [6.45, 7) is 9.16. The third kappa shape index (κ3) is 2.41. The molecule has 0 unspecified atom stereocenters. The first kappa shape index (κ1) is 11.9. The summed E-state index contributed by atoms with van der Waals surface area (Å²) in [4.78, 5) is 11.6. The second-order valence-corrected chi connectivity index (χ2v) is 5.80. The van der Waals surface area contributed by atoms with Crippen molar-refractivity contribution in [1.29, 1.82) is 0 Å². The van der Waals surface area contributed by atoms with Gasteiger partial charge in [0.15, 0.2) is 5.78 Å². The Morgan fingerprint density at radius 3 is 2.47 bits per heavy atom. The Morgan fingerprint density at radius 1 is 1.24 bits per heavy atom. The third-order valence-corrected chi connectivity index (χ3v) is 2.81. The molecule has 0 atom stereocenters. The molecule has 0 N–H and O–H groups in total. The van der Waals surface area contributed by atoms with Crippen LogP contribution >= 0.6 is 0 Å². The molecule has 2 heteroatoms. The molecule has 1 aromatic heterocycles. The number of ketones is 1. The molecule has 0 aliphatic rings. The van der Waals surface area contributed by atoms with Crippen molar-refractivity contribution >= 4 is 16.7 Å². The first-order valence-electron chi connectivity index (χ1n) is 5.97. The second kappa shape index (κ2) is 4.02. The van der Waals surface area contributed by atoms with Gasteiger partial charge in [0, 0.05) is 29.2 Å². The molecule has 90 valence electrons. The summed E-state index contributed by atoms with van der Waals surface area (Å²) in [7, 11) is 0. The van der Waals surface area contributed by atoms with E-state index in [0.29, 0.717) is 0 Å². The van der Waals surface area contributed by atoms with Crippen LogP contribution in [0, 0.1) is 5.41 Å². The van der Waals surface area contributed by atoms with E-state index in [1.165, 1.54) is 0 Å². The van der Waals surface area contributed by atoms with Gasteiger partial charge in [0.25, 0.3) is 0 Å². The first-order chi connectivity index (χ1) is 7.88. The fourth-order valence-corrected chi connectivity index (χ4v) is 2.17. The van der Waals surface area contributed by atoms with E-state index in [1.807, 2.05) is 24.4 Å². The Bertz CT molecular complexity index is 558. The van der Waals surface area contributed by atoms with Gasteiger partial charge in [0.05, 0.1) is 0 Å². The molecular weight excluding hydrogens is 210 g/mol. The molecule has 17 heavy (non-hydrogen) atoms. The van der Waals surface area contributed by atoms with Gasteiger partial charge in [-0.3, -0.25) is 4.79 Å². The lowest BCUT2D eigenvalue weighted by Gasteiger charge is -2.19. The number of fused-ring (bicyclic) bond motifs is 1. The Labute approximate surface area is 102 Å². The van der Waals surface area contributed by atoms with Crippen LogP contribution in [0.4, 0.5) is 0 Å². The average molecular weight is 229 g/mol. The zero-order valence-corrected chi connectivity index (χ0v) is 10.9. The van der Waals surface area contributed by atoms with Crippen molar-refractivity contribution in [3.8, 4) is 0 Å². The summed E-state index contributed by atoms with van der Waals surface area (Å²) in [5.74, 6) is 0.133. The minimum Gasteiger partial charge on any atom is -0.346 e. The van der Waals surface area contributed by atoms with Crippen molar-refractivity contribution in [2.75, 3.05) is 0 Å². The van der Waals surface area contributed by atoms with Gasteiger partial charge in [-0.1, -0.05) is 39.0 Å². The summed E-state index contributed by atoms with van der Waals surface area (Å²) < 4.78 is 2.19. The van der Waals surface area contributed by atoms with Crippen molar-refractivity contribution in [2.45, 2.75) is 34.2 Å². The smallest absolute Gasteiger partial charge is 0.161 e. The highest BCUT2D eigenvalue weighted by Gasteiger charge is 2.16. The zero-order chi connectivity index (χ0) is 12.6. The molecule has 0 saturated heterocycles. The predicted molar refractivity (Wildman–Crippen MR) is 71.4 cm³/mol. The van der Waals surface area contributed by atoms with Crippen LogP contribution in [0.25, 0.3) is 10.9 Å². The highest BCUT2D eigenvalue weighted by atomic mass is 16.1. The van der Waals surface area contributed by atoms with Gasteiger partial charge >= 0.3 is 0 Å². The van der Waals surface area contributed by atoms with Crippen molar-refractivity contribution in [3.05, 3.63) is 36.0 Å². The van der Waals surface area contributed by atoms with E-state index in [-0.39, 0.29) is 11.2 Å². The van der Waals surface area contributed by atoms with E-state index >= 15 is 0 Å². The van der Waals surface area contributed by atoms with Crippen LogP contribution in [0.15, 0.2) is 30.5 Å². The summed E-state index contributed by atoms with van der Waals surface area (Å²) in [6.07, 6.45) is 1.98. The molecule has 0 bridgehead atoms. The van der Waals surface area contributed by atoms with Crippen LogP contribution in [0.5, 0.6) is 0 Å². The van der Waals surface area contributed by atoms with Crippen LogP contribution in [-0.2, 0) is 6.54 Å². The molecule has 0 fully saturated rings. The number of Topliss-reactive ketones (excluding diaryl/α,β-unsaturated/α-hetero) is 1. The summed E-state index contributed by atoms with van der Waals surface area (Å²) in [5, 5.41) is 1.06. The lowest BCUT2D eigenvalue weighted by Crippen LogP contribution is -2.14. The van der Waals surface area contributed by atoms with Crippen LogP contribution < -0.4 is 0 Å². The van der Waals surface area contributed by atoms with Gasteiger partial charge in [-0.15, -0.1) is 0 Å². The van der Waals surface area contributed by atoms with Crippen LogP contribution in [0.2, 0.25) is 0 Å². The summed E-state index contributed by atoms with van der Waals surface area (Å²) in [6, 6.07) is 8.10. The number of hydrogen-bond donors (Lipinski definition) is 0. The maximum atomic E-state index is 11.6. The maximum absolute atomic E-state index is 11.6. The zero-order valence-electron chi connectivity index (χ0n) is 10.9.